The highest BCUT2D eigenvalue weighted by atomic mass is 32.2. The van der Waals surface area contributed by atoms with E-state index in [4.69, 9.17) is 8.92 Å². The van der Waals surface area contributed by atoms with Crippen molar-refractivity contribution in [2.24, 2.45) is 5.92 Å². The monoisotopic (exact) mass is 445 g/mol. The highest BCUT2D eigenvalue weighted by molar-refractivity contribution is 7.86. The number of carbonyl (C=O) groups excluding carboxylic acids is 1. The van der Waals surface area contributed by atoms with E-state index in [1.165, 1.54) is 0 Å². The molecule has 1 fully saturated rings. The Balaban J connectivity index is 1.46. The van der Waals surface area contributed by atoms with Crippen molar-refractivity contribution in [3.05, 3.63) is 65.7 Å². The van der Waals surface area contributed by atoms with Gasteiger partial charge in [0.2, 0.25) is 0 Å². The first-order valence-corrected chi connectivity index (χ1v) is 12.2. The molecule has 31 heavy (non-hydrogen) atoms. The van der Waals surface area contributed by atoms with E-state index < -0.39 is 10.1 Å². The molecule has 0 aromatic heterocycles. The number of carbonyl (C=O) groups is 1. The van der Waals surface area contributed by atoms with Gasteiger partial charge in [-0.05, 0) is 56.2 Å². The lowest BCUT2D eigenvalue weighted by Gasteiger charge is -2.32. The van der Waals surface area contributed by atoms with Gasteiger partial charge in [-0.3, -0.25) is 4.18 Å². The van der Waals surface area contributed by atoms with Crippen LogP contribution in [0.1, 0.15) is 43.7 Å². The van der Waals surface area contributed by atoms with E-state index in [-0.39, 0.29) is 23.7 Å². The Morgan fingerprint density at radius 1 is 1.06 bits per heavy atom. The van der Waals surface area contributed by atoms with E-state index in [9.17, 15) is 13.2 Å². The normalized spacial score (nSPS) is 16.1. The van der Waals surface area contributed by atoms with Crippen LogP contribution in [-0.2, 0) is 25.6 Å². The molecule has 3 rings (SSSR count). The largest absolute Gasteiger partial charge is 0.445 e. The summed E-state index contributed by atoms with van der Waals surface area (Å²) in [5.41, 5.74) is 1.96. The maximum absolute atomic E-state index is 12.6. The van der Waals surface area contributed by atoms with E-state index in [0.717, 1.165) is 24.0 Å². The molecule has 0 aliphatic carbocycles. The predicted molar refractivity (Wildman–Crippen MR) is 119 cm³/mol. The van der Waals surface area contributed by atoms with E-state index in [0.29, 0.717) is 31.8 Å². The molecule has 7 heteroatoms. The summed E-state index contributed by atoms with van der Waals surface area (Å²) in [6.07, 6.45) is 2.23. The van der Waals surface area contributed by atoms with Crippen LogP contribution < -0.4 is 0 Å². The van der Waals surface area contributed by atoms with Crippen LogP contribution in [0.5, 0.6) is 0 Å². The molecule has 1 aliphatic heterocycles. The van der Waals surface area contributed by atoms with Crippen LogP contribution in [0.25, 0.3) is 0 Å². The standard InChI is InChI=1S/C24H31NO5S/c1-3-22(30-31(27,28)23-11-9-19(2)10-12-23)17-20-13-15-25(16-14-20)24(26)29-18-21-7-5-4-6-8-21/h4-12,20,22H,3,13-18H2,1-2H3/t22-/m1/s1. The number of aryl methyl sites for hydroxylation is 1. The molecule has 168 valence electrons. The number of rotatable bonds is 8. The van der Waals surface area contributed by atoms with Gasteiger partial charge in [-0.2, -0.15) is 8.42 Å². The molecule has 2 aromatic rings. The average Bonchev–Trinajstić information content (AvgIpc) is 2.78. The highest BCUT2D eigenvalue weighted by Gasteiger charge is 2.28. The van der Waals surface area contributed by atoms with Gasteiger partial charge in [0, 0.05) is 13.1 Å². The minimum absolute atomic E-state index is 0.188. The maximum Gasteiger partial charge on any atom is 0.410 e. The molecule has 1 heterocycles. The number of hydrogen-bond acceptors (Lipinski definition) is 5. The zero-order chi connectivity index (χ0) is 22.3. The summed E-state index contributed by atoms with van der Waals surface area (Å²) in [4.78, 5) is 14.2. The SMILES string of the molecule is CC[C@H](CC1CCN(C(=O)OCc2ccccc2)CC1)OS(=O)(=O)c1ccc(C)cc1. The quantitative estimate of drug-likeness (QED) is 0.540. The molecule has 0 saturated carbocycles. The third-order valence-corrected chi connectivity index (χ3v) is 7.08. The Morgan fingerprint density at radius 3 is 2.32 bits per heavy atom. The fraction of sp³-hybridized carbons (Fsp3) is 0.458. The van der Waals surface area contributed by atoms with Crippen molar-refractivity contribution in [2.45, 2.75) is 57.1 Å². The zero-order valence-corrected chi connectivity index (χ0v) is 19.0. The fourth-order valence-corrected chi connectivity index (χ4v) is 4.90. The van der Waals surface area contributed by atoms with Gasteiger partial charge in [0.1, 0.15) is 6.61 Å². The molecule has 0 bridgehead atoms. The Bertz CT molecular complexity index is 936. The summed E-state index contributed by atoms with van der Waals surface area (Å²) in [6.45, 7) is 5.34. The summed E-state index contributed by atoms with van der Waals surface area (Å²) in [7, 11) is -3.78. The van der Waals surface area contributed by atoms with Crippen LogP contribution in [0.3, 0.4) is 0 Å². The zero-order valence-electron chi connectivity index (χ0n) is 18.2. The maximum atomic E-state index is 12.6. The summed E-state index contributed by atoms with van der Waals surface area (Å²) in [6, 6.07) is 16.3. The van der Waals surface area contributed by atoms with E-state index in [1.807, 2.05) is 44.2 Å². The average molecular weight is 446 g/mol. The Labute approximate surface area is 185 Å². The van der Waals surface area contributed by atoms with E-state index >= 15 is 0 Å². The van der Waals surface area contributed by atoms with Crippen molar-refractivity contribution in [3.8, 4) is 0 Å². The van der Waals surface area contributed by atoms with Crippen molar-refractivity contribution in [1.29, 1.82) is 0 Å². The van der Waals surface area contributed by atoms with Crippen LogP contribution >= 0.6 is 0 Å². The van der Waals surface area contributed by atoms with Crippen molar-refractivity contribution >= 4 is 16.2 Å². The number of hydrogen-bond donors (Lipinski definition) is 0. The fourth-order valence-electron chi connectivity index (χ4n) is 3.75. The van der Waals surface area contributed by atoms with Gasteiger partial charge in [0.25, 0.3) is 10.1 Å². The van der Waals surface area contributed by atoms with Crippen LogP contribution in [0, 0.1) is 12.8 Å². The van der Waals surface area contributed by atoms with Gasteiger partial charge < -0.3 is 9.64 Å². The number of piperidine rings is 1. The molecule has 1 atom stereocenters. The lowest BCUT2D eigenvalue weighted by atomic mass is 9.90. The first-order valence-electron chi connectivity index (χ1n) is 10.8. The molecular formula is C24H31NO5S. The minimum Gasteiger partial charge on any atom is -0.445 e. The molecule has 0 N–H and O–H groups in total. The number of ether oxygens (including phenoxy) is 1. The van der Waals surface area contributed by atoms with Crippen molar-refractivity contribution < 1.29 is 22.1 Å². The summed E-state index contributed by atoms with van der Waals surface area (Å²) < 4.78 is 36.1. The number of amides is 1. The lowest BCUT2D eigenvalue weighted by Crippen LogP contribution is -2.39. The first-order chi connectivity index (χ1) is 14.9. The van der Waals surface area contributed by atoms with Gasteiger partial charge in [0.05, 0.1) is 11.0 Å². The second-order valence-corrected chi connectivity index (χ2v) is 9.67. The Hall–Kier alpha value is -2.38. The second kappa shape index (κ2) is 10.8. The van der Waals surface area contributed by atoms with E-state index in [1.54, 1.807) is 29.2 Å². The predicted octanol–water partition coefficient (Wildman–Crippen LogP) is 4.92. The molecule has 1 saturated heterocycles. The van der Waals surface area contributed by atoms with Gasteiger partial charge in [-0.1, -0.05) is 55.0 Å². The summed E-state index contributed by atoms with van der Waals surface area (Å²) in [5, 5.41) is 0. The number of benzene rings is 2. The first kappa shape index (κ1) is 23.3. The topological polar surface area (TPSA) is 72.9 Å². The molecule has 1 amide bonds. The Kier molecular flexibility index (Phi) is 8.09. The van der Waals surface area contributed by atoms with Crippen LogP contribution in [0.2, 0.25) is 0 Å². The third-order valence-electron chi connectivity index (χ3n) is 5.70. The second-order valence-electron chi connectivity index (χ2n) is 8.10. The van der Waals surface area contributed by atoms with Gasteiger partial charge >= 0.3 is 6.09 Å². The molecule has 0 radical (unpaired) electrons. The minimum atomic E-state index is -3.78. The molecular weight excluding hydrogens is 414 g/mol. The van der Waals surface area contributed by atoms with Gasteiger partial charge in [-0.25, -0.2) is 4.79 Å². The summed E-state index contributed by atoms with van der Waals surface area (Å²) >= 11 is 0. The molecule has 1 aliphatic rings. The smallest absolute Gasteiger partial charge is 0.410 e. The highest BCUT2D eigenvalue weighted by Crippen LogP contribution is 2.27. The Morgan fingerprint density at radius 2 is 1.71 bits per heavy atom. The summed E-state index contributed by atoms with van der Waals surface area (Å²) in [5.74, 6) is 0.316. The molecule has 6 nitrogen and oxygen atoms in total. The number of likely N-dealkylation sites (tertiary alicyclic amines) is 1. The van der Waals surface area contributed by atoms with Crippen LogP contribution in [0.4, 0.5) is 4.79 Å². The van der Waals surface area contributed by atoms with Gasteiger partial charge in [-0.15, -0.1) is 0 Å². The molecule has 2 aromatic carbocycles. The van der Waals surface area contributed by atoms with Crippen LogP contribution in [-0.4, -0.2) is 38.6 Å². The van der Waals surface area contributed by atoms with E-state index in [2.05, 4.69) is 0 Å². The van der Waals surface area contributed by atoms with Crippen molar-refractivity contribution in [3.63, 3.8) is 0 Å². The van der Waals surface area contributed by atoms with Crippen molar-refractivity contribution in [1.82, 2.24) is 4.90 Å². The van der Waals surface area contributed by atoms with Crippen LogP contribution in [0.15, 0.2) is 59.5 Å². The van der Waals surface area contributed by atoms with Crippen molar-refractivity contribution in [2.75, 3.05) is 13.1 Å². The third kappa shape index (κ3) is 6.80. The lowest BCUT2D eigenvalue weighted by molar-refractivity contribution is 0.0753. The number of nitrogens with zero attached hydrogens (tertiary/aromatic N) is 1. The molecule has 0 unspecified atom stereocenters. The molecule has 0 spiro atoms. The van der Waals surface area contributed by atoms with Gasteiger partial charge in [0.15, 0.2) is 0 Å².